The van der Waals surface area contributed by atoms with Crippen molar-refractivity contribution in [1.29, 1.82) is 0 Å². The number of alkyl halides is 3. The van der Waals surface area contributed by atoms with Gasteiger partial charge in [0.1, 0.15) is 0 Å². The number of hydrogen-bond donors (Lipinski definition) is 6. The van der Waals surface area contributed by atoms with E-state index in [1.54, 1.807) is 13.8 Å². The molecule has 15 heteroatoms. The third-order valence-corrected chi connectivity index (χ3v) is 9.06. The van der Waals surface area contributed by atoms with Gasteiger partial charge in [0.05, 0.1) is 27.0 Å². The molecule has 250 valence electrons. The Morgan fingerprint density at radius 2 is 1.24 bits per heavy atom. The molecule has 1 aliphatic rings. The van der Waals surface area contributed by atoms with Crippen LogP contribution in [0.4, 0.5) is 34.1 Å². The summed E-state index contributed by atoms with van der Waals surface area (Å²) in [6.07, 6.45) is 1.67. The number of amides is 4. The molecule has 8 nitrogen and oxygen atoms in total. The van der Waals surface area contributed by atoms with Crippen molar-refractivity contribution in [1.82, 2.24) is 10.6 Å². The Labute approximate surface area is 284 Å². The Balaban J connectivity index is 0.000000254. The number of aromatic hydroxyl groups is 2. The van der Waals surface area contributed by atoms with Gasteiger partial charge in [0.15, 0.2) is 11.5 Å². The fourth-order valence-corrected chi connectivity index (χ4v) is 5.46. The van der Waals surface area contributed by atoms with Crippen LogP contribution in [0.5, 0.6) is 11.5 Å². The number of carbonyl (C=O) groups excluding carboxylic acids is 2. The zero-order valence-corrected chi connectivity index (χ0v) is 27.9. The highest BCUT2D eigenvalue weighted by Gasteiger charge is 2.30. The van der Waals surface area contributed by atoms with Crippen molar-refractivity contribution in [3.05, 3.63) is 78.7 Å². The van der Waals surface area contributed by atoms with Crippen LogP contribution < -0.4 is 21.3 Å². The molecule has 1 aliphatic carbocycles. The molecule has 0 radical (unpaired) electrons. The number of carbonyl (C=O) groups is 2. The van der Waals surface area contributed by atoms with E-state index in [4.69, 9.17) is 46.4 Å². The number of urea groups is 2. The van der Waals surface area contributed by atoms with Gasteiger partial charge in [-0.1, -0.05) is 77.8 Å². The molecule has 0 unspecified atom stereocenters. The number of hydrogen-bond acceptors (Lipinski definition) is 4. The van der Waals surface area contributed by atoms with Gasteiger partial charge in [0.2, 0.25) is 0 Å². The minimum atomic E-state index is -4.41. The molecular weight excluding hydrogens is 691 g/mol. The molecule has 0 aromatic heterocycles. The van der Waals surface area contributed by atoms with Crippen LogP contribution in [-0.2, 0) is 12.7 Å². The van der Waals surface area contributed by atoms with Crippen molar-refractivity contribution in [3.8, 4) is 11.5 Å². The highest BCUT2D eigenvalue weighted by atomic mass is 35.5. The Morgan fingerprint density at radius 3 is 1.70 bits per heavy atom. The smallest absolute Gasteiger partial charge is 0.416 e. The maximum Gasteiger partial charge on any atom is 0.416 e. The average molecular weight is 724 g/mol. The van der Waals surface area contributed by atoms with Crippen molar-refractivity contribution in [2.24, 2.45) is 5.92 Å². The summed E-state index contributed by atoms with van der Waals surface area (Å²) in [6, 6.07) is 6.20. The number of phenols is 2. The third-order valence-electron chi connectivity index (χ3n) is 7.35. The summed E-state index contributed by atoms with van der Waals surface area (Å²) in [5, 5.41) is 30.9. The van der Waals surface area contributed by atoms with Gasteiger partial charge in [-0.05, 0) is 73.6 Å². The maximum atomic E-state index is 12.5. The first kappa shape index (κ1) is 37.2. The van der Waals surface area contributed by atoms with Crippen molar-refractivity contribution < 1.29 is 33.0 Å². The van der Waals surface area contributed by atoms with Crippen LogP contribution in [0.2, 0.25) is 20.1 Å². The van der Waals surface area contributed by atoms with Crippen LogP contribution in [-0.4, -0.2) is 28.8 Å². The highest BCUT2D eigenvalue weighted by Crippen LogP contribution is 2.40. The standard InChI is InChI=1S/C16H13Cl2F3N2O2.C15H20Cl2N2O2/c1-8-11(17)6-12(14(24)13(8)18)23-15(25)22-7-9-2-4-10(5-3-9)16(19,20)21;1-9-11(16)7-12(14(20)13(9)17)19-15(21)18-8-10-5-3-2-4-6-10/h2-6,24H,7H2,1H3,(H2,22,23,25);7,10,20H,2-6,8H2,1H3,(H2,18,19,21). The van der Waals surface area contributed by atoms with E-state index in [1.165, 1.54) is 43.5 Å². The van der Waals surface area contributed by atoms with Crippen molar-refractivity contribution >= 4 is 69.8 Å². The lowest BCUT2D eigenvalue weighted by atomic mass is 9.89. The lowest BCUT2D eigenvalue weighted by Gasteiger charge is -2.22. The molecule has 46 heavy (non-hydrogen) atoms. The van der Waals surface area contributed by atoms with Gasteiger partial charge < -0.3 is 31.5 Å². The molecule has 0 heterocycles. The molecule has 1 fully saturated rings. The Kier molecular flexibility index (Phi) is 13.4. The van der Waals surface area contributed by atoms with E-state index >= 15 is 0 Å². The summed E-state index contributed by atoms with van der Waals surface area (Å²) in [5.41, 5.74) is 1.00. The number of nitrogens with one attached hydrogen (secondary N) is 4. The minimum Gasteiger partial charge on any atom is -0.504 e. The van der Waals surface area contributed by atoms with Crippen LogP contribution in [0.25, 0.3) is 0 Å². The van der Waals surface area contributed by atoms with E-state index in [9.17, 15) is 33.0 Å². The summed E-state index contributed by atoms with van der Waals surface area (Å²) >= 11 is 23.8. The van der Waals surface area contributed by atoms with Crippen LogP contribution in [0.15, 0.2) is 36.4 Å². The second-order valence-corrected chi connectivity index (χ2v) is 12.3. The quantitative estimate of drug-likeness (QED) is 0.142. The van der Waals surface area contributed by atoms with Gasteiger partial charge >= 0.3 is 18.2 Å². The molecule has 0 atom stereocenters. The predicted octanol–water partition coefficient (Wildman–Crippen LogP) is 10.1. The van der Waals surface area contributed by atoms with Crippen molar-refractivity contribution in [3.63, 3.8) is 0 Å². The summed E-state index contributed by atoms with van der Waals surface area (Å²) in [6.45, 7) is 3.97. The summed E-state index contributed by atoms with van der Waals surface area (Å²) in [7, 11) is 0. The van der Waals surface area contributed by atoms with E-state index in [1.807, 2.05) is 0 Å². The van der Waals surface area contributed by atoms with Crippen LogP contribution in [0.1, 0.15) is 54.4 Å². The number of halogens is 7. The first-order valence-electron chi connectivity index (χ1n) is 14.2. The van der Waals surface area contributed by atoms with Gasteiger partial charge in [-0.3, -0.25) is 0 Å². The Hall–Kier alpha value is -3.25. The molecule has 4 amide bonds. The summed E-state index contributed by atoms with van der Waals surface area (Å²) in [4.78, 5) is 23.8. The first-order valence-corrected chi connectivity index (χ1v) is 15.7. The topological polar surface area (TPSA) is 123 Å². The van der Waals surface area contributed by atoms with Gasteiger partial charge in [-0.15, -0.1) is 0 Å². The van der Waals surface area contributed by atoms with E-state index < -0.39 is 17.8 Å². The highest BCUT2D eigenvalue weighted by molar-refractivity contribution is 6.38. The molecule has 0 spiro atoms. The molecular formula is C31H33Cl4F3N4O4. The molecule has 0 bridgehead atoms. The average Bonchev–Trinajstić information content (AvgIpc) is 3.02. The molecule has 0 saturated heterocycles. The Bertz CT molecular complexity index is 1550. The molecule has 3 aromatic rings. The van der Waals surface area contributed by atoms with E-state index in [-0.39, 0.29) is 50.5 Å². The molecule has 1 saturated carbocycles. The normalized spacial score (nSPS) is 13.3. The number of phenolic OH excluding ortho intramolecular Hbond substituents is 2. The predicted molar refractivity (Wildman–Crippen MR) is 177 cm³/mol. The van der Waals surface area contributed by atoms with Gasteiger partial charge in [-0.25, -0.2) is 9.59 Å². The van der Waals surface area contributed by atoms with Crippen LogP contribution in [0, 0.1) is 19.8 Å². The number of anilines is 2. The minimum absolute atomic E-state index is 0.00193. The van der Waals surface area contributed by atoms with E-state index in [0.717, 1.165) is 25.0 Å². The van der Waals surface area contributed by atoms with Crippen LogP contribution in [0.3, 0.4) is 0 Å². The zero-order valence-electron chi connectivity index (χ0n) is 24.8. The maximum absolute atomic E-state index is 12.5. The fourth-order valence-electron chi connectivity index (χ4n) is 4.55. The fraction of sp³-hybridized carbons (Fsp3) is 0.355. The van der Waals surface area contributed by atoms with Gasteiger partial charge in [0.25, 0.3) is 0 Å². The third kappa shape index (κ3) is 10.4. The Morgan fingerprint density at radius 1 is 0.783 bits per heavy atom. The van der Waals surface area contributed by atoms with Gasteiger partial charge in [0, 0.05) is 23.1 Å². The second kappa shape index (κ2) is 16.5. The van der Waals surface area contributed by atoms with Crippen molar-refractivity contribution in [2.75, 3.05) is 17.2 Å². The van der Waals surface area contributed by atoms with E-state index in [2.05, 4.69) is 21.3 Å². The molecule has 4 rings (SSSR count). The van der Waals surface area contributed by atoms with E-state index in [0.29, 0.717) is 34.2 Å². The molecule has 6 N–H and O–H groups in total. The second-order valence-electron chi connectivity index (χ2n) is 10.7. The largest absolute Gasteiger partial charge is 0.504 e. The number of benzene rings is 3. The summed E-state index contributed by atoms with van der Waals surface area (Å²) < 4.78 is 37.4. The SMILES string of the molecule is Cc1c(Cl)cc(NC(=O)NCC2CCCCC2)c(O)c1Cl.Cc1c(Cl)cc(NC(=O)NCc2ccc(C(F)(F)F)cc2)c(O)c1Cl. The lowest BCUT2D eigenvalue weighted by Crippen LogP contribution is -2.33. The van der Waals surface area contributed by atoms with Gasteiger partial charge in [-0.2, -0.15) is 13.2 Å². The number of rotatable bonds is 6. The first-order chi connectivity index (χ1) is 21.6. The summed E-state index contributed by atoms with van der Waals surface area (Å²) in [5.74, 6) is 0.0583. The van der Waals surface area contributed by atoms with Crippen LogP contribution >= 0.6 is 46.4 Å². The monoisotopic (exact) mass is 722 g/mol. The zero-order chi connectivity index (χ0) is 34.2. The molecule has 0 aliphatic heterocycles. The van der Waals surface area contributed by atoms with Crippen molar-refractivity contribution in [2.45, 2.75) is 58.7 Å². The molecule has 3 aromatic carbocycles. The lowest BCUT2D eigenvalue weighted by molar-refractivity contribution is -0.137.